The maximum absolute atomic E-state index is 13.1. The zero-order chi connectivity index (χ0) is 12.1. The molecule has 1 aliphatic rings. The van der Waals surface area contributed by atoms with Gasteiger partial charge < -0.3 is 10.4 Å². The number of hydrogen-bond acceptors (Lipinski definition) is 2. The molecule has 1 aromatic carbocycles. The van der Waals surface area contributed by atoms with Gasteiger partial charge in [0, 0.05) is 18.7 Å². The van der Waals surface area contributed by atoms with Crippen LogP contribution in [0.2, 0.25) is 0 Å². The summed E-state index contributed by atoms with van der Waals surface area (Å²) in [6.45, 7) is 0.635. The van der Waals surface area contributed by atoms with Gasteiger partial charge in [0.2, 0.25) is 0 Å². The highest BCUT2D eigenvalue weighted by Crippen LogP contribution is 2.19. The number of aromatic hydroxyl groups is 1. The second-order valence-electron chi connectivity index (χ2n) is 4.89. The van der Waals surface area contributed by atoms with E-state index in [-0.39, 0.29) is 11.6 Å². The van der Waals surface area contributed by atoms with Crippen LogP contribution in [0, 0.1) is 5.82 Å². The molecule has 0 radical (unpaired) electrons. The van der Waals surface area contributed by atoms with E-state index in [4.69, 9.17) is 0 Å². The molecule has 2 N–H and O–H groups in total. The van der Waals surface area contributed by atoms with E-state index in [1.165, 1.54) is 44.6 Å². The lowest BCUT2D eigenvalue weighted by atomic mass is 10.1. The van der Waals surface area contributed by atoms with Crippen LogP contribution >= 0.6 is 0 Å². The van der Waals surface area contributed by atoms with Crippen molar-refractivity contribution in [1.82, 2.24) is 5.32 Å². The van der Waals surface area contributed by atoms with Crippen LogP contribution in [-0.2, 0) is 6.54 Å². The Morgan fingerprint density at radius 3 is 2.47 bits per heavy atom. The van der Waals surface area contributed by atoms with Crippen molar-refractivity contribution in [1.29, 1.82) is 0 Å². The minimum absolute atomic E-state index is 0.00247. The van der Waals surface area contributed by atoms with Crippen LogP contribution < -0.4 is 5.32 Å². The zero-order valence-corrected chi connectivity index (χ0v) is 10.1. The Balaban J connectivity index is 1.87. The quantitative estimate of drug-likeness (QED) is 0.790. The largest absolute Gasteiger partial charge is 0.508 e. The van der Waals surface area contributed by atoms with E-state index >= 15 is 0 Å². The molecule has 0 heterocycles. The van der Waals surface area contributed by atoms with E-state index in [1.54, 1.807) is 6.07 Å². The molecule has 0 atom stereocenters. The molecular weight excluding hydrogens is 217 g/mol. The zero-order valence-electron chi connectivity index (χ0n) is 10.1. The van der Waals surface area contributed by atoms with Crippen molar-refractivity contribution in [3.8, 4) is 5.75 Å². The van der Waals surface area contributed by atoms with Gasteiger partial charge in [0.25, 0.3) is 0 Å². The van der Waals surface area contributed by atoms with Crippen LogP contribution in [0.5, 0.6) is 5.75 Å². The van der Waals surface area contributed by atoms with E-state index in [1.807, 2.05) is 0 Å². The minimum Gasteiger partial charge on any atom is -0.508 e. The van der Waals surface area contributed by atoms with Gasteiger partial charge in [-0.1, -0.05) is 25.7 Å². The van der Waals surface area contributed by atoms with Crippen molar-refractivity contribution in [3.63, 3.8) is 0 Å². The minimum atomic E-state index is -0.373. The Morgan fingerprint density at radius 1 is 1.12 bits per heavy atom. The Bertz CT molecular complexity index is 339. The highest BCUT2D eigenvalue weighted by Gasteiger charge is 2.11. The molecule has 0 aliphatic heterocycles. The number of nitrogens with one attached hydrogen (secondary N) is 1. The summed E-state index contributed by atoms with van der Waals surface area (Å²) in [4.78, 5) is 0. The molecular formula is C14H20FNO. The third-order valence-electron chi connectivity index (χ3n) is 3.39. The van der Waals surface area contributed by atoms with Gasteiger partial charge in [-0.25, -0.2) is 4.39 Å². The van der Waals surface area contributed by atoms with Gasteiger partial charge in [-0.05, 0) is 30.5 Å². The summed E-state index contributed by atoms with van der Waals surface area (Å²) < 4.78 is 13.1. The number of rotatable bonds is 3. The average molecular weight is 237 g/mol. The number of hydrogen-bond donors (Lipinski definition) is 2. The van der Waals surface area contributed by atoms with Crippen LogP contribution in [0.25, 0.3) is 0 Å². The normalized spacial score (nSPS) is 17.9. The molecule has 0 aromatic heterocycles. The second-order valence-corrected chi connectivity index (χ2v) is 4.89. The number of phenols is 1. The van der Waals surface area contributed by atoms with Crippen molar-refractivity contribution < 1.29 is 9.50 Å². The Kier molecular flexibility index (Phi) is 4.37. The van der Waals surface area contributed by atoms with Crippen LogP contribution in [0.3, 0.4) is 0 Å². The molecule has 1 saturated carbocycles. The molecule has 0 bridgehead atoms. The molecule has 1 fully saturated rings. The van der Waals surface area contributed by atoms with Gasteiger partial charge in [0.15, 0.2) is 0 Å². The van der Waals surface area contributed by atoms with Gasteiger partial charge in [-0.2, -0.15) is 0 Å². The fourth-order valence-electron chi connectivity index (χ4n) is 2.48. The molecule has 3 heteroatoms. The van der Waals surface area contributed by atoms with Crippen LogP contribution in [0.15, 0.2) is 18.2 Å². The number of halogens is 1. The third-order valence-corrected chi connectivity index (χ3v) is 3.39. The molecule has 17 heavy (non-hydrogen) atoms. The third kappa shape index (κ3) is 4.00. The summed E-state index contributed by atoms with van der Waals surface area (Å²) in [5, 5.41) is 12.8. The predicted molar refractivity (Wildman–Crippen MR) is 66.4 cm³/mol. The molecule has 0 amide bonds. The van der Waals surface area contributed by atoms with E-state index in [9.17, 15) is 9.50 Å². The van der Waals surface area contributed by atoms with Crippen LogP contribution in [-0.4, -0.2) is 11.1 Å². The summed E-state index contributed by atoms with van der Waals surface area (Å²) in [6, 6.07) is 4.77. The average Bonchev–Trinajstić information content (AvgIpc) is 2.53. The highest BCUT2D eigenvalue weighted by atomic mass is 19.1. The summed E-state index contributed by atoms with van der Waals surface area (Å²) in [6.07, 6.45) is 7.65. The van der Waals surface area contributed by atoms with Gasteiger partial charge in [-0.15, -0.1) is 0 Å². The van der Waals surface area contributed by atoms with Crippen molar-refractivity contribution in [3.05, 3.63) is 29.6 Å². The molecule has 94 valence electrons. The second kappa shape index (κ2) is 6.01. The van der Waals surface area contributed by atoms with Crippen molar-refractivity contribution in [2.75, 3.05) is 0 Å². The Labute approximate surface area is 102 Å². The maximum atomic E-state index is 13.1. The lowest BCUT2D eigenvalue weighted by molar-refractivity contribution is 0.451. The first kappa shape index (κ1) is 12.4. The fourth-order valence-corrected chi connectivity index (χ4v) is 2.48. The standard InChI is InChI=1S/C14H20FNO/c15-12-7-11(8-14(17)9-12)10-16-13-5-3-1-2-4-6-13/h7-9,13,16-17H,1-6,10H2. The smallest absolute Gasteiger partial charge is 0.127 e. The first-order valence-corrected chi connectivity index (χ1v) is 6.46. The topological polar surface area (TPSA) is 32.3 Å². The van der Waals surface area contributed by atoms with Crippen molar-refractivity contribution >= 4 is 0 Å². The summed E-state index contributed by atoms with van der Waals surface area (Å²) in [5.41, 5.74) is 0.812. The van der Waals surface area contributed by atoms with Gasteiger partial charge in [-0.3, -0.25) is 0 Å². The lowest BCUT2D eigenvalue weighted by Gasteiger charge is -2.16. The first-order valence-electron chi connectivity index (χ1n) is 6.46. The lowest BCUT2D eigenvalue weighted by Crippen LogP contribution is -2.27. The molecule has 1 aromatic rings. The number of benzene rings is 1. The monoisotopic (exact) mass is 237 g/mol. The summed E-state index contributed by atoms with van der Waals surface area (Å²) >= 11 is 0. The molecule has 0 unspecified atom stereocenters. The van der Waals surface area contributed by atoms with Gasteiger partial charge in [0.05, 0.1) is 0 Å². The Hall–Kier alpha value is -1.09. The van der Waals surface area contributed by atoms with E-state index in [0.717, 1.165) is 11.6 Å². The maximum Gasteiger partial charge on any atom is 0.127 e. The molecule has 0 saturated heterocycles. The van der Waals surface area contributed by atoms with Gasteiger partial charge >= 0.3 is 0 Å². The summed E-state index contributed by atoms with van der Waals surface area (Å²) in [7, 11) is 0. The van der Waals surface area contributed by atoms with Crippen molar-refractivity contribution in [2.24, 2.45) is 0 Å². The molecule has 2 rings (SSSR count). The van der Waals surface area contributed by atoms with Crippen LogP contribution in [0.1, 0.15) is 44.1 Å². The highest BCUT2D eigenvalue weighted by molar-refractivity contribution is 5.28. The van der Waals surface area contributed by atoms with Gasteiger partial charge in [0.1, 0.15) is 11.6 Å². The van der Waals surface area contributed by atoms with E-state index < -0.39 is 0 Å². The molecule has 0 spiro atoms. The number of phenolic OH excluding ortho intramolecular Hbond substituents is 1. The predicted octanol–water partition coefficient (Wildman–Crippen LogP) is 3.34. The van der Waals surface area contributed by atoms with E-state index in [0.29, 0.717) is 12.6 Å². The van der Waals surface area contributed by atoms with Crippen molar-refractivity contribution in [2.45, 2.75) is 51.1 Å². The van der Waals surface area contributed by atoms with Crippen LogP contribution in [0.4, 0.5) is 4.39 Å². The SMILES string of the molecule is Oc1cc(F)cc(CNC2CCCCCC2)c1. The molecule has 2 nitrogen and oxygen atoms in total. The van der Waals surface area contributed by atoms with E-state index in [2.05, 4.69) is 5.32 Å². The summed E-state index contributed by atoms with van der Waals surface area (Å²) in [5.74, 6) is -0.370. The molecule has 1 aliphatic carbocycles. The Morgan fingerprint density at radius 2 is 1.82 bits per heavy atom. The first-order chi connectivity index (χ1) is 8.24. The fraction of sp³-hybridized carbons (Fsp3) is 0.571.